The lowest BCUT2D eigenvalue weighted by molar-refractivity contribution is 0.0949. The number of nitrogens with one attached hydrogen (secondary N) is 1. The number of methoxy groups -OCH3 is 1. The van der Waals surface area contributed by atoms with E-state index in [1.54, 1.807) is 31.5 Å². The number of carbonyl (C=O) groups is 1. The minimum atomic E-state index is -0.175. The molecular weight excluding hydrogens is 390 g/mol. The Morgan fingerprint density at radius 2 is 1.61 bits per heavy atom. The second kappa shape index (κ2) is 10.8. The SMILES string of the molecule is CCCN(CCC)CCNC(=O)c1cn(-c2ccc(OC)cc2)c(=O)c2ccccc12. The quantitative estimate of drug-likeness (QED) is 0.540. The Kier molecular flexibility index (Phi) is 7.84. The van der Waals surface area contributed by atoms with Crippen LogP contribution in [0.5, 0.6) is 5.75 Å². The van der Waals surface area contributed by atoms with Gasteiger partial charge in [0.2, 0.25) is 0 Å². The molecule has 164 valence electrons. The second-order valence-electron chi connectivity index (χ2n) is 7.56. The van der Waals surface area contributed by atoms with Crippen LogP contribution in [0, 0.1) is 0 Å². The van der Waals surface area contributed by atoms with Crippen LogP contribution in [0.25, 0.3) is 16.5 Å². The normalized spacial score (nSPS) is 11.1. The predicted octanol–water partition coefficient (Wildman–Crippen LogP) is 3.85. The van der Waals surface area contributed by atoms with Crippen LogP contribution < -0.4 is 15.6 Å². The maximum absolute atomic E-state index is 13.1. The van der Waals surface area contributed by atoms with Crippen LogP contribution in [0.1, 0.15) is 37.0 Å². The number of amides is 1. The third-order valence-corrected chi connectivity index (χ3v) is 5.31. The number of pyridine rings is 1. The highest BCUT2D eigenvalue weighted by molar-refractivity contribution is 6.06. The van der Waals surface area contributed by atoms with Crippen molar-refractivity contribution in [2.24, 2.45) is 0 Å². The number of ether oxygens (including phenoxy) is 1. The fourth-order valence-corrected chi connectivity index (χ4v) is 3.80. The monoisotopic (exact) mass is 421 g/mol. The first kappa shape index (κ1) is 22.6. The Bertz CT molecular complexity index is 1070. The Labute approximate surface area is 183 Å². The van der Waals surface area contributed by atoms with Gasteiger partial charge in [-0.3, -0.25) is 14.2 Å². The molecule has 0 unspecified atom stereocenters. The van der Waals surface area contributed by atoms with Crippen LogP contribution in [0.2, 0.25) is 0 Å². The van der Waals surface area contributed by atoms with Crippen molar-refractivity contribution in [3.8, 4) is 11.4 Å². The van der Waals surface area contributed by atoms with Crippen LogP contribution in [0.15, 0.2) is 59.5 Å². The minimum absolute atomic E-state index is 0.158. The molecule has 1 aromatic heterocycles. The fraction of sp³-hybridized carbons (Fsp3) is 0.360. The van der Waals surface area contributed by atoms with Crippen LogP contribution in [-0.2, 0) is 0 Å². The van der Waals surface area contributed by atoms with E-state index < -0.39 is 0 Å². The van der Waals surface area contributed by atoms with E-state index in [0.717, 1.165) is 32.5 Å². The molecule has 0 bridgehead atoms. The van der Waals surface area contributed by atoms with Gasteiger partial charge in [0.05, 0.1) is 12.7 Å². The molecule has 0 radical (unpaired) electrons. The molecule has 31 heavy (non-hydrogen) atoms. The van der Waals surface area contributed by atoms with Crippen molar-refractivity contribution in [1.29, 1.82) is 0 Å². The Morgan fingerprint density at radius 3 is 2.23 bits per heavy atom. The number of hydrogen-bond donors (Lipinski definition) is 1. The number of hydrogen-bond acceptors (Lipinski definition) is 4. The highest BCUT2D eigenvalue weighted by Gasteiger charge is 2.15. The molecule has 0 aliphatic carbocycles. The molecule has 0 saturated heterocycles. The van der Waals surface area contributed by atoms with E-state index in [-0.39, 0.29) is 11.5 Å². The van der Waals surface area contributed by atoms with E-state index >= 15 is 0 Å². The van der Waals surface area contributed by atoms with E-state index in [1.807, 2.05) is 30.3 Å². The van der Waals surface area contributed by atoms with Crippen LogP contribution in [0.3, 0.4) is 0 Å². The number of aromatic nitrogens is 1. The summed E-state index contributed by atoms with van der Waals surface area (Å²) in [5.41, 5.74) is 1.01. The standard InChI is InChI=1S/C25H31N3O3/c1-4-15-27(16-5-2)17-14-26-24(29)23-18-28(19-10-12-20(31-3)13-11-19)25(30)22-9-7-6-8-21(22)23/h6-13,18H,4-5,14-17H2,1-3H3,(H,26,29). The molecule has 3 aromatic rings. The first-order chi connectivity index (χ1) is 15.1. The summed E-state index contributed by atoms with van der Waals surface area (Å²) < 4.78 is 6.74. The molecule has 6 nitrogen and oxygen atoms in total. The maximum Gasteiger partial charge on any atom is 0.262 e. The third kappa shape index (κ3) is 5.33. The summed E-state index contributed by atoms with van der Waals surface area (Å²) in [6, 6.07) is 14.5. The molecule has 0 fully saturated rings. The van der Waals surface area contributed by atoms with Gasteiger partial charge in [0.1, 0.15) is 5.75 Å². The Balaban J connectivity index is 1.91. The summed E-state index contributed by atoms with van der Waals surface area (Å²) in [6.45, 7) is 7.74. The summed E-state index contributed by atoms with van der Waals surface area (Å²) >= 11 is 0. The smallest absolute Gasteiger partial charge is 0.262 e. The van der Waals surface area contributed by atoms with Gasteiger partial charge in [0.25, 0.3) is 11.5 Å². The lowest BCUT2D eigenvalue weighted by Gasteiger charge is -2.21. The zero-order chi connectivity index (χ0) is 22.2. The van der Waals surface area contributed by atoms with Crippen molar-refractivity contribution >= 4 is 16.7 Å². The average Bonchev–Trinajstić information content (AvgIpc) is 2.80. The summed E-state index contributed by atoms with van der Waals surface area (Å²) in [6.07, 6.45) is 3.81. The molecule has 0 aliphatic rings. The Morgan fingerprint density at radius 1 is 0.968 bits per heavy atom. The largest absolute Gasteiger partial charge is 0.497 e. The van der Waals surface area contributed by atoms with Crippen molar-refractivity contribution < 1.29 is 9.53 Å². The van der Waals surface area contributed by atoms with Gasteiger partial charge in [-0.25, -0.2) is 0 Å². The van der Waals surface area contributed by atoms with Gasteiger partial charge >= 0.3 is 0 Å². The molecule has 0 spiro atoms. The summed E-state index contributed by atoms with van der Waals surface area (Å²) in [4.78, 5) is 28.5. The molecule has 1 heterocycles. The zero-order valence-electron chi connectivity index (χ0n) is 18.6. The zero-order valence-corrected chi connectivity index (χ0v) is 18.6. The van der Waals surface area contributed by atoms with E-state index in [1.165, 1.54) is 4.57 Å². The van der Waals surface area contributed by atoms with Gasteiger partial charge in [-0.1, -0.05) is 32.0 Å². The topological polar surface area (TPSA) is 63.6 Å². The fourth-order valence-electron chi connectivity index (χ4n) is 3.80. The van der Waals surface area contributed by atoms with Crippen molar-refractivity contribution in [1.82, 2.24) is 14.8 Å². The molecule has 3 rings (SSSR count). The van der Waals surface area contributed by atoms with Gasteiger partial charge in [0.15, 0.2) is 0 Å². The molecule has 0 aliphatic heterocycles. The highest BCUT2D eigenvalue weighted by atomic mass is 16.5. The number of nitrogens with zero attached hydrogens (tertiary/aromatic N) is 2. The lowest BCUT2D eigenvalue weighted by Crippen LogP contribution is -2.36. The van der Waals surface area contributed by atoms with E-state index in [0.29, 0.717) is 34.3 Å². The van der Waals surface area contributed by atoms with Gasteiger partial charge in [-0.2, -0.15) is 0 Å². The van der Waals surface area contributed by atoms with Gasteiger partial charge in [-0.15, -0.1) is 0 Å². The first-order valence-electron chi connectivity index (χ1n) is 10.9. The van der Waals surface area contributed by atoms with Crippen molar-refractivity contribution in [2.45, 2.75) is 26.7 Å². The van der Waals surface area contributed by atoms with E-state index in [2.05, 4.69) is 24.1 Å². The Hall–Kier alpha value is -3.12. The predicted molar refractivity (Wildman–Crippen MR) is 125 cm³/mol. The number of rotatable bonds is 10. The van der Waals surface area contributed by atoms with Crippen LogP contribution in [0.4, 0.5) is 0 Å². The first-order valence-corrected chi connectivity index (χ1v) is 10.9. The van der Waals surface area contributed by atoms with Crippen LogP contribution in [-0.4, -0.2) is 48.7 Å². The number of fused-ring (bicyclic) bond motifs is 1. The van der Waals surface area contributed by atoms with Crippen LogP contribution >= 0.6 is 0 Å². The molecule has 2 aromatic carbocycles. The van der Waals surface area contributed by atoms with Crippen molar-refractivity contribution in [3.63, 3.8) is 0 Å². The molecule has 0 atom stereocenters. The molecule has 0 saturated carbocycles. The number of benzene rings is 2. The van der Waals surface area contributed by atoms with Gasteiger partial charge in [0, 0.05) is 35.7 Å². The maximum atomic E-state index is 13.1. The molecule has 1 N–H and O–H groups in total. The molecule has 6 heteroatoms. The lowest BCUT2D eigenvalue weighted by atomic mass is 10.1. The second-order valence-corrected chi connectivity index (χ2v) is 7.56. The summed E-state index contributed by atoms with van der Waals surface area (Å²) in [5, 5.41) is 4.22. The van der Waals surface area contributed by atoms with E-state index in [4.69, 9.17) is 4.74 Å². The van der Waals surface area contributed by atoms with Crippen molar-refractivity contribution in [3.05, 3.63) is 70.6 Å². The third-order valence-electron chi connectivity index (χ3n) is 5.31. The van der Waals surface area contributed by atoms with Gasteiger partial charge in [-0.05, 0) is 56.3 Å². The molecule has 1 amide bonds. The summed E-state index contributed by atoms with van der Waals surface area (Å²) in [5.74, 6) is 0.533. The minimum Gasteiger partial charge on any atom is -0.497 e. The van der Waals surface area contributed by atoms with E-state index in [9.17, 15) is 9.59 Å². The van der Waals surface area contributed by atoms with Crippen molar-refractivity contribution in [2.75, 3.05) is 33.3 Å². The van der Waals surface area contributed by atoms with Gasteiger partial charge < -0.3 is 15.0 Å². The number of carbonyl (C=O) groups excluding carboxylic acids is 1. The molecular formula is C25H31N3O3. The highest BCUT2D eigenvalue weighted by Crippen LogP contribution is 2.19. The summed E-state index contributed by atoms with van der Waals surface area (Å²) in [7, 11) is 1.60. The average molecular weight is 422 g/mol.